The lowest BCUT2D eigenvalue weighted by Gasteiger charge is -2.19. The summed E-state index contributed by atoms with van der Waals surface area (Å²) in [4.78, 5) is 14.5. The molecule has 1 N–H and O–H groups in total. The second-order valence-corrected chi connectivity index (χ2v) is 7.53. The molecular formula is C24H20F4N2O2. The highest BCUT2D eigenvalue weighted by atomic mass is 19.2. The van der Waals surface area contributed by atoms with Gasteiger partial charge in [0, 0.05) is 42.9 Å². The van der Waals surface area contributed by atoms with E-state index in [0.717, 1.165) is 17.7 Å². The largest absolute Gasteiger partial charge is 0.492 e. The van der Waals surface area contributed by atoms with Gasteiger partial charge in [0.25, 0.3) is 5.91 Å². The first-order valence-electron chi connectivity index (χ1n) is 10.0. The summed E-state index contributed by atoms with van der Waals surface area (Å²) in [7, 11) is 0. The van der Waals surface area contributed by atoms with E-state index in [9.17, 15) is 22.4 Å². The van der Waals surface area contributed by atoms with Crippen LogP contribution in [-0.2, 0) is 19.6 Å². The number of hydrogen-bond acceptors (Lipinski definition) is 3. The third kappa shape index (κ3) is 4.91. The molecule has 0 fully saturated rings. The quantitative estimate of drug-likeness (QED) is 0.463. The first-order valence-corrected chi connectivity index (χ1v) is 10.0. The summed E-state index contributed by atoms with van der Waals surface area (Å²) in [5.41, 5.74) is 1.78. The van der Waals surface area contributed by atoms with Gasteiger partial charge in [0.15, 0.2) is 17.5 Å². The minimum absolute atomic E-state index is 0.0485. The maximum Gasteiger partial charge on any atom is 0.251 e. The number of fused-ring (bicyclic) bond motifs is 1. The SMILES string of the molecule is O=C(NCc1ccccc1F)c1ccc2c(c1)CN(Cc1cc(F)c(F)c(F)c1)CCO2. The second-order valence-electron chi connectivity index (χ2n) is 7.53. The Labute approximate surface area is 182 Å². The minimum atomic E-state index is -1.50. The van der Waals surface area contributed by atoms with Gasteiger partial charge in [-0.2, -0.15) is 0 Å². The van der Waals surface area contributed by atoms with Crippen LogP contribution in [0.1, 0.15) is 27.0 Å². The Hall–Kier alpha value is -3.39. The van der Waals surface area contributed by atoms with Crippen molar-refractivity contribution in [3.05, 3.63) is 100 Å². The smallest absolute Gasteiger partial charge is 0.251 e. The first kappa shape index (κ1) is 21.8. The lowest BCUT2D eigenvalue weighted by Crippen LogP contribution is -2.26. The number of nitrogens with one attached hydrogen (secondary N) is 1. The number of halogens is 4. The predicted molar refractivity (Wildman–Crippen MR) is 110 cm³/mol. The molecule has 4 nitrogen and oxygen atoms in total. The maximum atomic E-state index is 13.8. The first-order chi connectivity index (χ1) is 15.4. The molecule has 166 valence electrons. The predicted octanol–water partition coefficient (Wildman–Crippen LogP) is 4.57. The van der Waals surface area contributed by atoms with E-state index in [1.807, 2.05) is 4.90 Å². The van der Waals surface area contributed by atoms with Gasteiger partial charge in [-0.05, 0) is 42.0 Å². The molecule has 4 rings (SSSR count). The van der Waals surface area contributed by atoms with Crippen molar-refractivity contribution in [2.45, 2.75) is 19.6 Å². The molecule has 32 heavy (non-hydrogen) atoms. The molecule has 0 unspecified atom stereocenters. The summed E-state index contributed by atoms with van der Waals surface area (Å²) in [6.45, 7) is 1.42. The van der Waals surface area contributed by atoms with Gasteiger partial charge in [0.2, 0.25) is 0 Å². The zero-order valence-corrected chi connectivity index (χ0v) is 17.0. The van der Waals surface area contributed by atoms with Crippen molar-refractivity contribution in [3.8, 4) is 5.75 Å². The molecule has 0 spiro atoms. The molecule has 3 aromatic rings. The van der Waals surface area contributed by atoms with Gasteiger partial charge in [-0.15, -0.1) is 0 Å². The lowest BCUT2D eigenvalue weighted by atomic mass is 10.1. The fraction of sp³-hybridized carbons (Fsp3) is 0.208. The van der Waals surface area contributed by atoms with Crippen LogP contribution in [0.3, 0.4) is 0 Å². The van der Waals surface area contributed by atoms with Crippen LogP contribution in [-0.4, -0.2) is 24.0 Å². The summed E-state index contributed by atoms with van der Waals surface area (Å²) in [6, 6.07) is 13.1. The van der Waals surface area contributed by atoms with Crippen LogP contribution in [0.4, 0.5) is 17.6 Å². The molecule has 3 aromatic carbocycles. The van der Waals surface area contributed by atoms with Crippen molar-refractivity contribution in [3.63, 3.8) is 0 Å². The van der Waals surface area contributed by atoms with Crippen LogP contribution in [0, 0.1) is 23.3 Å². The van der Waals surface area contributed by atoms with E-state index >= 15 is 0 Å². The number of rotatable bonds is 5. The molecule has 0 atom stereocenters. The van der Waals surface area contributed by atoms with Crippen molar-refractivity contribution < 1.29 is 27.1 Å². The Morgan fingerprint density at radius 3 is 2.47 bits per heavy atom. The number of carbonyl (C=O) groups is 1. The van der Waals surface area contributed by atoms with E-state index < -0.39 is 23.3 Å². The highest BCUT2D eigenvalue weighted by Crippen LogP contribution is 2.26. The minimum Gasteiger partial charge on any atom is -0.492 e. The van der Waals surface area contributed by atoms with E-state index in [4.69, 9.17) is 4.74 Å². The average Bonchev–Trinajstić information content (AvgIpc) is 2.97. The number of nitrogens with zero attached hydrogens (tertiary/aromatic N) is 1. The molecule has 0 saturated carbocycles. The normalized spacial score (nSPS) is 13.8. The van der Waals surface area contributed by atoms with Crippen LogP contribution >= 0.6 is 0 Å². The van der Waals surface area contributed by atoms with Crippen molar-refractivity contribution in [1.82, 2.24) is 10.2 Å². The molecule has 0 aliphatic carbocycles. The van der Waals surface area contributed by atoms with Crippen LogP contribution in [0.25, 0.3) is 0 Å². The van der Waals surface area contributed by atoms with Crippen molar-refractivity contribution in [1.29, 1.82) is 0 Å². The lowest BCUT2D eigenvalue weighted by molar-refractivity contribution is 0.0950. The number of ether oxygens (including phenoxy) is 1. The second kappa shape index (κ2) is 9.40. The van der Waals surface area contributed by atoms with Crippen molar-refractivity contribution in [2.75, 3.05) is 13.2 Å². The Morgan fingerprint density at radius 1 is 0.969 bits per heavy atom. The topological polar surface area (TPSA) is 41.6 Å². The molecule has 1 amide bonds. The Balaban J connectivity index is 1.47. The standard InChI is InChI=1S/C24H20F4N2O2/c25-19-4-2-1-3-17(19)12-29-24(31)16-5-6-22-18(11-16)14-30(7-8-32-22)13-15-9-20(26)23(28)21(27)10-15/h1-6,9-11H,7-8,12-14H2,(H,29,31). The summed E-state index contributed by atoms with van der Waals surface area (Å²) < 4.78 is 59.8. The number of amides is 1. The third-order valence-corrected chi connectivity index (χ3v) is 5.23. The number of carbonyl (C=O) groups excluding carboxylic acids is 1. The Bertz CT molecular complexity index is 1130. The average molecular weight is 444 g/mol. The molecule has 0 bridgehead atoms. The third-order valence-electron chi connectivity index (χ3n) is 5.23. The van der Waals surface area contributed by atoms with Gasteiger partial charge in [-0.25, -0.2) is 17.6 Å². The molecule has 0 saturated heterocycles. The van der Waals surface area contributed by atoms with E-state index in [1.165, 1.54) is 6.07 Å². The van der Waals surface area contributed by atoms with Crippen molar-refractivity contribution in [2.24, 2.45) is 0 Å². The van der Waals surface area contributed by atoms with Gasteiger partial charge in [-0.3, -0.25) is 9.69 Å². The zero-order chi connectivity index (χ0) is 22.7. The summed E-state index contributed by atoms with van der Waals surface area (Å²) in [6.07, 6.45) is 0. The number of benzene rings is 3. The number of hydrogen-bond donors (Lipinski definition) is 1. The van der Waals surface area contributed by atoms with Crippen LogP contribution in [0.15, 0.2) is 54.6 Å². The van der Waals surface area contributed by atoms with Gasteiger partial charge >= 0.3 is 0 Å². The molecule has 8 heteroatoms. The van der Waals surface area contributed by atoms with E-state index in [2.05, 4.69) is 5.32 Å². The Morgan fingerprint density at radius 2 is 1.72 bits per heavy atom. The molecule has 1 aliphatic rings. The molecule has 1 aliphatic heterocycles. The highest BCUT2D eigenvalue weighted by molar-refractivity contribution is 5.94. The molecule has 0 aromatic heterocycles. The van der Waals surface area contributed by atoms with Crippen LogP contribution in [0.5, 0.6) is 5.75 Å². The van der Waals surface area contributed by atoms with Gasteiger partial charge in [0.1, 0.15) is 18.2 Å². The highest BCUT2D eigenvalue weighted by Gasteiger charge is 2.19. The van der Waals surface area contributed by atoms with Crippen molar-refractivity contribution >= 4 is 5.91 Å². The summed E-state index contributed by atoms with van der Waals surface area (Å²) >= 11 is 0. The fourth-order valence-electron chi connectivity index (χ4n) is 3.60. The summed E-state index contributed by atoms with van der Waals surface area (Å²) in [5, 5.41) is 2.70. The zero-order valence-electron chi connectivity index (χ0n) is 17.0. The van der Waals surface area contributed by atoms with Crippen LogP contribution in [0.2, 0.25) is 0 Å². The van der Waals surface area contributed by atoms with E-state index in [0.29, 0.717) is 42.1 Å². The summed E-state index contributed by atoms with van der Waals surface area (Å²) in [5.74, 6) is -4.12. The monoisotopic (exact) mass is 444 g/mol. The Kier molecular flexibility index (Phi) is 6.41. The molecule has 1 heterocycles. The molecule has 0 radical (unpaired) electrons. The molecular weight excluding hydrogens is 424 g/mol. The van der Waals surface area contributed by atoms with Gasteiger partial charge in [-0.1, -0.05) is 18.2 Å². The van der Waals surface area contributed by atoms with Gasteiger partial charge in [0.05, 0.1) is 0 Å². The fourth-order valence-corrected chi connectivity index (χ4v) is 3.60. The van der Waals surface area contributed by atoms with E-state index in [1.54, 1.807) is 36.4 Å². The van der Waals surface area contributed by atoms with E-state index in [-0.39, 0.29) is 19.0 Å². The maximum absolute atomic E-state index is 13.8. The van der Waals surface area contributed by atoms with Crippen LogP contribution < -0.4 is 10.1 Å². The van der Waals surface area contributed by atoms with Gasteiger partial charge < -0.3 is 10.1 Å².